The molecule has 2 aliphatic carbocycles. The Bertz CT molecular complexity index is 661. The highest BCUT2D eigenvalue weighted by Gasteiger charge is 2.56. The van der Waals surface area contributed by atoms with Gasteiger partial charge in [-0.05, 0) is 71.3 Å². The molecule has 3 nitrogen and oxygen atoms in total. The van der Waals surface area contributed by atoms with Gasteiger partial charge in [0, 0.05) is 0 Å². The van der Waals surface area contributed by atoms with E-state index in [1.54, 1.807) is 0 Å². The second kappa shape index (κ2) is 5.09. The number of fused-ring (bicyclic) bond motifs is 3. The maximum Gasteiger partial charge on any atom is 0.119 e. The number of phenolic OH excluding ortho intramolecular Hbond substituents is 1. The number of aromatic hydroxyl groups is 1. The van der Waals surface area contributed by atoms with Crippen molar-refractivity contribution in [1.82, 2.24) is 0 Å². The third kappa shape index (κ3) is 2.10. The van der Waals surface area contributed by atoms with Crippen molar-refractivity contribution in [2.24, 2.45) is 11.3 Å². The van der Waals surface area contributed by atoms with Crippen LogP contribution in [0.5, 0.6) is 5.75 Å². The summed E-state index contributed by atoms with van der Waals surface area (Å²) in [6, 6.07) is 1.88. The van der Waals surface area contributed by atoms with Crippen LogP contribution in [0.25, 0.3) is 6.08 Å². The average Bonchev–Trinajstić information content (AvgIpc) is 2.47. The predicted octanol–water partition coefficient (Wildman–Crippen LogP) is 3.32. The van der Waals surface area contributed by atoms with E-state index in [0.29, 0.717) is 12.2 Å². The summed E-state index contributed by atoms with van der Waals surface area (Å²) in [5, 5.41) is 31.3. The van der Waals surface area contributed by atoms with E-state index >= 15 is 0 Å². The Morgan fingerprint density at radius 3 is 2.52 bits per heavy atom. The summed E-state index contributed by atoms with van der Waals surface area (Å²) in [5.41, 5.74) is 3.64. The summed E-state index contributed by atoms with van der Waals surface area (Å²) in [6.07, 6.45) is 2.80. The summed E-state index contributed by atoms with van der Waals surface area (Å²) in [7, 11) is 0. The molecule has 3 rings (SSSR count). The van der Waals surface area contributed by atoms with Crippen molar-refractivity contribution in [3.05, 3.63) is 34.9 Å². The fourth-order valence-corrected chi connectivity index (χ4v) is 5.38. The number of hydrogen-bond acceptors (Lipinski definition) is 3. The van der Waals surface area contributed by atoms with Crippen LogP contribution in [-0.4, -0.2) is 27.5 Å². The summed E-state index contributed by atoms with van der Waals surface area (Å²) in [4.78, 5) is 0. The average molecular weight is 316 g/mol. The first-order valence-corrected chi connectivity index (χ1v) is 8.49. The van der Waals surface area contributed by atoms with Crippen LogP contribution in [0.15, 0.2) is 12.6 Å². The largest absolute Gasteiger partial charge is 0.508 e. The molecule has 1 fully saturated rings. The second-order valence-electron chi connectivity index (χ2n) is 8.21. The van der Waals surface area contributed by atoms with Gasteiger partial charge in [-0.2, -0.15) is 0 Å². The molecule has 0 radical (unpaired) electrons. The van der Waals surface area contributed by atoms with Crippen molar-refractivity contribution in [1.29, 1.82) is 0 Å². The minimum Gasteiger partial charge on any atom is -0.508 e. The van der Waals surface area contributed by atoms with Gasteiger partial charge in [0.25, 0.3) is 0 Å². The quantitative estimate of drug-likeness (QED) is 0.745. The molecule has 2 aliphatic rings. The smallest absolute Gasteiger partial charge is 0.119 e. The number of aliphatic hydroxyl groups is 2. The maximum atomic E-state index is 10.5. The summed E-state index contributed by atoms with van der Waals surface area (Å²) >= 11 is 0. The molecule has 1 aromatic rings. The normalized spacial score (nSPS) is 35.3. The van der Waals surface area contributed by atoms with Crippen molar-refractivity contribution >= 4 is 6.08 Å². The van der Waals surface area contributed by atoms with E-state index in [2.05, 4.69) is 27.4 Å². The fraction of sp³-hybridized carbons (Fsp3) is 0.600. The third-order valence-electron chi connectivity index (χ3n) is 6.65. The Kier molecular flexibility index (Phi) is 3.66. The molecule has 0 aliphatic heterocycles. The fourth-order valence-electron chi connectivity index (χ4n) is 5.38. The van der Waals surface area contributed by atoms with E-state index in [1.807, 2.05) is 19.1 Å². The van der Waals surface area contributed by atoms with Gasteiger partial charge in [0.2, 0.25) is 0 Å². The molecule has 0 aromatic heterocycles. The van der Waals surface area contributed by atoms with E-state index in [0.717, 1.165) is 29.5 Å². The number of hydrogen-bond donors (Lipinski definition) is 3. The van der Waals surface area contributed by atoms with Crippen LogP contribution in [0, 0.1) is 18.3 Å². The van der Waals surface area contributed by atoms with Crippen LogP contribution < -0.4 is 0 Å². The molecular weight excluding hydrogens is 288 g/mol. The summed E-state index contributed by atoms with van der Waals surface area (Å²) in [5.74, 6) is 0.555. The highest BCUT2D eigenvalue weighted by atomic mass is 16.3. The monoisotopic (exact) mass is 316 g/mol. The molecule has 0 amide bonds. The minimum absolute atomic E-state index is 0.251. The van der Waals surface area contributed by atoms with Crippen LogP contribution in [0.2, 0.25) is 0 Å². The zero-order chi connectivity index (χ0) is 17.2. The molecule has 3 heteroatoms. The zero-order valence-corrected chi connectivity index (χ0v) is 14.6. The molecular formula is C20H28O3. The first-order valence-electron chi connectivity index (χ1n) is 8.49. The van der Waals surface area contributed by atoms with Gasteiger partial charge in [-0.3, -0.25) is 0 Å². The van der Waals surface area contributed by atoms with Crippen molar-refractivity contribution in [3.8, 4) is 5.75 Å². The van der Waals surface area contributed by atoms with E-state index < -0.39 is 12.2 Å². The predicted molar refractivity (Wildman–Crippen MR) is 92.5 cm³/mol. The van der Waals surface area contributed by atoms with Gasteiger partial charge in [0.05, 0.1) is 12.2 Å². The van der Waals surface area contributed by atoms with Crippen molar-refractivity contribution in [2.45, 2.75) is 64.6 Å². The number of rotatable bonds is 1. The van der Waals surface area contributed by atoms with Gasteiger partial charge in [-0.15, -0.1) is 0 Å². The van der Waals surface area contributed by atoms with Gasteiger partial charge in [0.1, 0.15) is 5.75 Å². The van der Waals surface area contributed by atoms with Gasteiger partial charge < -0.3 is 15.3 Å². The highest BCUT2D eigenvalue weighted by Crippen LogP contribution is 2.58. The summed E-state index contributed by atoms with van der Waals surface area (Å²) in [6.45, 7) is 12.1. The number of phenols is 1. The lowest BCUT2D eigenvalue weighted by atomic mass is 9.48. The third-order valence-corrected chi connectivity index (χ3v) is 6.65. The Hall–Kier alpha value is -1.32. The summed E-state index contributed by atoms with van der Waals surface area (Å²) < 4.78 is 0. The Morgan fingerprint density at radius 1 is 1.26 bits per heavy atom. The van der Waals surface area contributed by atoms with Crippen molar-refractivity contribution in [2.75, 3.05) is 0 Å². The molecule has 3 N–H and O–H groups in total. The molecule has 1 saturated carbocycles. The molecule has 0 saturated heterocycles. The molecule has 0 unspecified atom stereocenters. The van der Waals surface area contributed by atoms with E-state index in [4.69, 9.17) is 0 Å². The van der Waals surface area contributed by atoms with Gasteiger partial charge in [0.15, 0.2) is 0 Å². The number of benzene rings is 1. The molecule has 0 heterocycles. The lowest BCUT2D eigenvalue weighted by Crippen LogP contribution is -2.59. The van der Waals surface area contributed by atoms with Crippen LogP contribution >= 0.6 is 0 Å². The second-order valence-corrected chi connectivity index (χ2v) is 8.21. The minimum atomic E-state index is -0.743. The lowest BCUT2D eigenvalue weighted by molar-refractivity contribution is -0.142. The molecule has 23 heavy (non-hydrogen) atoms. The Labute approximate surface area is 138 Å². The van der Waals surface area contributed by atoms with Crippen LogP contribution in [0.1, 0.15) is 55.9 Å². The highest BCUT2D eigenvalue weighted by molar-refractivity contribution is 5.64. The molecule has 4 atom stereocenters. The van der Waals surface area contributed by atoms with Crippen molar-refractivity contribution < 1.29 is 15.3 Å². The van der Waals surface area contributed by atoms with E-state index in [-0.39, 0.29) is 16.7 Å². The lowest BCUT2D eigenvalue weighted by Gasteiger charge is -2.57. The first kappa shape index (κ1) is 16.5. The molecule has 0 spiro atoms. The SMILES string of the molecule is C=Cc1c(C)c(O)cc2c1CC[C@@H]1C(C)(C)[C@@H](O)[C@@H](O)C[C@@]21C. The molecule has 126 valence electrons. The van der Waals surface area contributed by atoms with E-state index in [1.165, 1.54) is 5.56 Å². The van der Waals surface area contributed by atoms with Crippen molar-refractivity contribution in [3.63, 3.8) is 0 Å². The zero-order valence-electron chi connectivity index (χ0n) is 14.6. The van der Waals surface area contributed by atoms with Crippen LogP contribution in [0.4, 0.5) is 0 Å². The van der Waals surface area contributed by atoms with Gasteiger partial charge in [-0.1, -0.05) is 33.4 Å². The van der Waals surface area contributed by atoms with E-state index in [9.17, 15) is 15.3 Å². The molecule has 0 bridgehead atoms. The standard InChI is InChI=1S/C20H28O3/c1-6-12-11(2)15(21)9-14-13(12)7-8-17-19(3,4)18(23)16(22)10-20(14,17)5/h6,9,16-18,21-23H,1,7-8,10H2,2-5H3/t16-,17+,18-,20-/m0/s1. The Morgan fingerprint density at radius 2 is 1.91 bits per heavy atom. The van der Waals surface area contributed by atoms with Crippen LogP contribution in [-0.2, 0) is 11.8 Å². The maximum absolute atomic E-state index is 10.5. The van der Waals surface area contributed by atoms with Gasteiger partial charge in [-0.25, -0.2) is 0 Å². The first-order chi connectivity index (χ1) is 10.6. The number of aliphatic hydroxyl groups excluding tert-OH is 2. The Balaban J connectivity index is 2.24. The van der Waals surface area contributed by atoms with Crippen LogP contribution in [0.3, 0.4) is 0 Å². The molecule has 1 aromatic carbocycles. The van der Waals surface area contributed by atoms with Gasteiger partial charge >= 0.3 is 0 Å². The topological polar surface area (TPSA) is 60.7 Å².